The molecule has 5 heteroatoms. The lowest BCUT2D eigenvalue weighted by atomic mass is 10.1. The first-order valence-electron chi connectivity index (χ1n) is 6.37. The summed E-state index contributed by atoms with van der Waals surface area (Å²) in [5.74, 6) is -0.289. The van der Waals surface area contributed by atoms with Gasteiger partial charge >= 0.3 is 0 Å². The average Bonchev–Trinajstić information content (AvgIpc) is 2.37. The van der Waals surface area contributed by atoms with Gasteiger partial charge in [0.05, 0.1) is 16.3 Å². The Morgan fingerprint density at radius 2 is 1.95 bits per heavy atom. The second kappa shape index (κ2) is 6.24. The molecule has 1 amide bonds. The highest BCUT2D eigenvalue weighted by molar-refractivity contribution is 7.80. The molecule has 0 unspecified atom stereocenters. The summed E-state index contributed by atoms with van der Waals surface area (Å²) < 4.78 is 0. The predicted octanol–water partition coefficient (Wildman–Crippen LogP) is 3.84. The molecule has 2 aromatic carbocycles. The van der Waals surface area contributed by atoms with E-state index in [0.717, 1.165) is 11.1 Å². The van der Waals surface area contributed by atoms with Crippen LogP contribution in [0.1, 0.15) is 27.0 Å². The average molecular weight is 319 g/mol. The summed E-state index contributed by atoms with van der Waals surface area (Å²) in [6, 6.07) is 10.8. The third-order valence-corrected chi connectivity index (χ3v) is 3.65. The van der Waals surface area contributed by atoms with Gasteiger partial charge in [-0.25, -0.2) is 0 Å². The molecule has 0 saturated heterocycles. The third kappa shape index (κ3) is 3.40. The van der Waals surface area contributed by atoms with Crippen LogP contribution in [0, 0.1) is 13.8 Å². The Balaban J connectivity index is 2.36. The molecule has 0 aromatic heterocycles. The molecule has 0 aliphatic rings. The first kappa shape index (κ1) is 15.5. The van der Waals surface area contributed by atoms with Gasteiger partial charge in [0.2, 0.25) is 0 Å². The number of amides is 1. The minimum absolute atomic E-state index is 0.249. The molecule has 2 rings (SSSR count). The van der Waals surface area contributed by atoms with E-state index in [4.69, 9.17) is 29.6 Å². The number of anilines is 1. The summed E-state index contributed by atoms with van der Waals surface area (Å²) in [6.45, 7) is 3.81. The molecule has 0 aliphatic carbocycles. The largest absolute Gasteiger partial charge is 0.389 e. The van der Waals surface area contributed by atoms with Crippen molar-refractivity contribution in [3.05, 3.63) is 63.7 Å². The Labute approximate surface area is 134 Å². The molecule has 0 spiro atoms. The molecule has 0 fully saturated rings. The van der Waals surface area contributed by atoms with Gasteiger partial charge in [-0.1, -0.05) is 42.0 Å². The predicted molar refractivity (Wildman–Crippen MR) is 91.2 cm³/mol. The van der Waals surface area contributed by atoms with Crippen LogP contribution in [-0.4, -0.2) is 10.9 Å². The Morgan fingerprint density at radius 1 is 1.24 bits per heavy atom. The number of benzene rings is 2. The lowest BCUT2D eigenvalue weighted by molar-refractivity contribution is 0.102. The molecule has 0 radical (unpaired) electrons. The Bertz CT molecular complexity index is 728. The molecular formula is C16H15ClN2OS. The van der Waals surface area contributed by atoms with Crippen molar-refractivity contribution in [1.29, 1.82) is 0 Å². The van der Waals surface area contributed by atoms with Crippen LogP contribution in [0.3, 0.4) is 0 Å². The molecule has 21 heavy (non-hydrogen) atoms. The number of nitrogens with two attached hydrogens (primary N) is 1. The third-order valence-electron chi connectivity index (χ3n) is 3.14. The fraction of sp³-hybridized carbons (Fsp3) is 0.125. The molecule has 3 nitrogen and oxygen atoms in total. The number of carbonyl (C=O) groups is 1. The number of hydrogen-bond acceptors (Lipinski definition) is 2. The molecule has 2 aromatic rings. The monoisotopic (exact) mass is 318 g/mol. The lowest BCUT2D eigenvalue weighted by Crippen LogP contribution is -2.19. The van der Waals surface area contributed by atoms with Gasteiger partial charge in [-0.2, -0.15) is 0 Å². The van der Waals surface area contributed by atoms with E-state index in [1.807, 2.05) is 32.0 Å². The highest BCUT2D eigenvalue weighted by atomic mass is 35.5. The van der Waals surface area contributed by atoms with Gasteiger partial charge in [-0.05, 0) is 43.2 Å². The number of aryl methyl sites for hydroxylation is 2. The smallest absolute Gasteiger partial charge is 0.257 e. The fourth-order valence-electron chi connectivity index (χ4n) is 2.09. The number of halogens is 1. The highest BCUT2D eigenvalue weighted by Gasteiger charge is 2.14. The zero-order valence-corrected chi connectivity index (χ0v) is 13.3. The van der Waals surface area contributed by atoms with Gasteiger partial charge in [-0.15, -0.1) is 0 Å². The van der Waals surface area contributed by atoms with Crippen LogP contribution in [0.15, 0.2) is 36.4 Å². The van der Waals surface area contributed by atoms with E-state index in [1.165, 1.54) is 0 Å². The van der Waals surface area contributed by atoms with Crippen LogP contribution >= 0.6 is 23.8 Å². The minimum Gasteiger partial charge on any atom is -0.389 e. The van der Waals surface area contributed by atoms with Crippen molar-refractivity contribution in [2.75, 3.05) is 5.32 Å². The van der Waals surface area contributed by atoms with E-state index in [9.17, 15) is 4.79 Å². The van der Waals surface area contributed by atoms with Crippen LogP contribution in [0.5, 0.6) is 0 Å². The fourth-order valence-corrected chi connectivity index (χ4v) is 2.68. The number of rotatable bonds is 3. The highest BCUT2D eigenvalue weighted by Crippen LogP contribution is 2.23. The van der Waals surface area contributed by atoms with E-state index in [-0.39, 0.29) is 10.9 Å². The summed E-state index contributed by atoms with van der Waals surface area (Å²) in [5.41, 5.74) is 9.31. The molecule has 108 valence electrons. The summed E-state index contributed by atoms with van der Waals surface area (Å²) in [5, 5.41) is 3.23. The van der Waals surface area contributed by atoms with Crippen molar-refractivity contribution < 1.29 is 4.79 Å². The van der Waals surface area contributed by atoms with Crippen molar-refractivity contribution in [3.63, 3.8) is 0 Å². The van der Waals surface area contributed by atoms with Crippen LogP contribution in [-0.2, 0) is 0 Å². The van der Waals surface area contributed by atoms with Crippen molar-refractivity contribution in [2.24, 2.45) is 5.73 Å². The summed E-state index contributed by atoms with van der Waals surface area (Å²) >= 11 is 11.2. The first-order valence-corrected chi connectivity index (χ1v) is 7.15. The summed E-state index contributed by atoms with van der Waals surface area (Å²) in [7, 11) is 0. The van der Waals surface area contributed by atoms with Gasteiger partial charge in [-0.3, -0.25) is 4.79 Å². The maximum atomic E-state index is 12.4. The number of carbonyl (C=O) groups excluding carboxylic acids is 1. The molecule has 3 N–H and O–H groups in total. The minimum atomic E-state index is -0.289. The number of thiocarbonyl (C=S) groups is 1. The van der Waals surface area contributed by atoms with E-state index in [1.54, 1.807) is 18.2 Å². The van der Waals surface area contributed by atoms with Crippen LogP contribution < -0.4 is 11.1 Å². The van der Waals surface area contributed by atoms with E-state index >= 15 is 0 Å². The van der Waals surface area contributed by atoms with Crippen molar-refractivity contribution in [2.45, 2.75) is 13.8 Å². The molecular weight excluding hydrogens is 304 g/mol. The second-order valence-electron chi connectivity index (χ2n) is 4.80. The number of hydrogen-bond donors (Lipinski definition) is 2. The Hall–Kier alpha value is -1.91. The molecule has 0 atom stereocenters. The van der Waals surface area contributed by atoms with Gasteiger partial charge in [0.25, 0.3) is 5.91 Å². The Kier molecular flexibility index (Phi) is 4.60. The standard InChI is InChI=1S/C16H15ClN2OS/c1-9-6-7-11(12(17)8-9)16(20)19-13-5-3-4-10(2)14(13)15(18)21/h3-8H,1-2H3,(H2,18,21)(H,19,20). The van der Waals surface area contributed by atoms with E-state index in [2.05, 4.69) is 5.32 Å². The normalized spacial score (nSPS) is 10.2. The maximum Gasteiger partial charge on any atom is 0.257 e. The van der Waals surface area contributed by atoms with Crippen LogP contribution in [0.2, 0.25) is 5.02 Å². The summed E-state index contributed by atoms with van der Waals surface area (Å²) in [6.07, 6.45) is 0. The van der Waals surface area contributed by atoms with Crippen molar-refractivity contribution in [1.82, 2.24) is 0 Å². The van der Waals surface area contributed by atoms with Gasteiger partial charge in [0.15, 0.2) is 0 Å². The molecule has 0 bridgehead atoms. The maximum absolute atomic E-state index is 12.4. The topological polar surface area (TPSA) is 55.1 Å². The van der Waals surface area contributed by atoms with Crippen molar-refractivity contribution in [3.8, 4) is 0 Å². The second-order valence-corrected chi connectivity index (χ2v) is 5.65. The van der Waals surface area contributed by atoms with Crippen LogP contribution in [0.4, 0.5) is 5.69 Å². The van der Waals surface area contributed by atoms with Gasteiger partial charge in [0.1, 0.15) is 4.99 Å². The molecule has 0 heterocycles. The van der Waals surface area contributed by atoms with Gasteiger partial charge in [0, 0.05) is 5.56 Å². The van der Waals surface area contributed by atoms with Crippen LogP contribution in [0.25, 0.3) is 0 Å². The lowest BCUT2D eigenvalue weighted by Gasteiger charge is -2.13. The zero-order valence-electron chi connectivity index (χ0n) is 11.7. The first-order chi connectivity index (χ1) is 9.90. The van der Waals surface area contributed by atoms with E-state index < -0.39 is 0 Å². The molecule has 0 saturated carbocycles. The van der Waals surface area contributed by atoms with E-state index in [0.29, 0.717) is 21.8 Å². The van der Waals surface area contributed by atoms with Gasteiger partial charge < -0.3 is 11.1 Å². The quantitative estimate of drug-likeness (QED) is 0.845. The molecule has 0 aliphatic heterocycles. The van der Waals surface area contributed by atoms with Crippen molar-refractivity contribution >= 4 is 40.4 Å². The summed E-state index contributed by atoms with van der Waals surface area (Å²) in [4.78, 5) is 12.6. The number of nitrogens with one attached hydrogen (secondary N) is 1. The zero-order chi connectivity index (χ0) is 15.6. The SMILES string of the molecule is Cc1ccc(C(=O)Nc2cccc(C)c2C(N)=S)c(Cl)c1. The Morgan fingerprint density at radius 3 is 2.57 bits per heavy atom.